The average molecular weight is 486 g/mol. The zero-order valence-corrected chi connectivity index (χ0v) is 22.3. The van der Waals surface area contributed by atoms with Gasteiger partial charge in [0.05, 0.1) is 0 Å². The van der Waals surface area contributed by atoms with Crippen LogP contribution in [-0.4, -0.2) is 17.8 Å². The third kappa shape index (κ3) is 4.82. The molecule has 0 spiro atoms. The molecule has 1 unspecified atom stereocenters. The van der Waals surface area contributed by atoms with E-state index in [4.69, 9.17) is 0 Å². The second-order valence-electron chi connectivity index (χ2n) is 8.55. The third-order valence-corrected chi connectivity index (χ3v) is 12.3. The molecule has 0 aliphatic carbocycles. The Morgan fingerprint density at radius 1 is 0.647 bits per heavy atom. The topological polar surface area (TPSA) is 20.3 Å². The lowest BCUT2D eigenvalue weighted by molar-refractivity contribution is 0.458. The van der Waals surface area contributed by atoms with Gasteiger partial charge in [-0.3, -0.25) is 4.57 Å². The van der Waals surface area contributed by atoms with Gasteiger partial charge in [0, 0.05) is 23.7 Å². The van der Waals surface area contributed by atoms with Gasteiger partial charge in [-0.25, -0.2) is 4.67 Å². The maximum atomic E-state index is 15.2. The van der Waals surface area contributed by atoms with Crippen LogP contribution < -0.4 is 26.5 Å². The summed E-state index contributed by atoms with van der Waals surface area (Å²) in [5.41, 5.74) is 2.49. The molecule has 0 heterocycles. The molecular weight excluding hydrogens is 452 g/mol. The summed E-state index contributed by atoms with van der Waals surface area (Å²) >= 11 is 0. The summed E-state index contributed by atoms with van der Waals surface area (Å²) in [4.78, 5) is 0. The van der Waals surface area contributed by atoms with E-state index in [1.165, 1.54) is 27.0 Å². The zero-order chi connectivity index (χ0) is 24.1. The molecule has 0 radical (unpaired) electrons. The Hall–Kier alpha value is -2.50. The number of rotatable bonds is 8. The van der Waals surface area contributed by atoms with Crippen molar-refractivity contribution in [1.82, 2.24) is 4.67 Å². The first-order chi connectivity index (χ1) is 16.5. The highest BCUT2D eigenvalue weighted by Crippen LogP contribution is 2.49. The summed E-state index contributed by atoms with van der Waals surface area (Å²) < 4.78 is 17.4. The minimum Gasteiger partial charge on any atom is -0.296 e. The highest BCUT2D eigenvalue weighted by Gasteiger charge is 2.36. The number of hydrogen-bond donors (Lipinski definition) is 0. The fourth-order valence-electron chi connectivity index (χ4n) is 4.43. The molecule has 174 valence electrons. The van der Waals surface area contributed by atoms with Gasteiger partial charge in [-0.2, -0.15) is 0 Å². The van der Waals surface area contributed by atoms with Crippen molar-refractivity contribution >= 4 is 41.7 Å². The van der Waals surface area contributed by atoms with Gasteiger partial charge in [0.25, 0.3) is 0 Å². The maximum absolute atomic E-state index is 15.2. The molecule has 0 aliphatic heterocycles. The molecule has 4 aromatic carbocycles. The first-order valence-electron chi connectivity index (χ1n) is 11.9. The van der Waals surface area contributed by atoms with Gasteiger partial charge in [0.15, 0.2) is 0 Å². The van der Waals surface area contributed by atoms with E-state index in [9.17, 15) is 0 Å². The molecule has 2 nitrogen and oxygen atoms in total. The van der Waals surface area contributed by atoms with Crippen LogP contribution in [0.25, 0.3) is 0 Å². The molecule has 0 saturated heterocycles. The van der Waals surface area contributed by atoms with Crippen LogP contribution >= 0.6 is 15.2 Å². The van der Waals surface area contributed by atoms with E-state index >= 15 is 4.57 Å². The van der Waals surface area contributed by atoms with Crippen molar-refractivity contribution in [2.75, 3.05) is 13.1 Å². The second kappa shape index (κ2) is 10.8. The summed E-state index contributed by atoms with van der Waals surface area (Å²) in [6.07, 6.45) is 0. The normalized spacial score (nSPS) is 13.2. The molecule has 1 atom stereocenters. The van der Waals surface area contributed by atoms with E-state index in [-0.39, 0.29) is 0 Å². The van der Waals surface area contributed by atoms with Crippen molar-refractivity contribution in [1.29, 1.82) is 0 Å². The van der Waals surface area contributed by atoms with Gasteiger partial charge in [0.1, 0.15) is 0 Å². The van der Waals surface area contributed by atoms with E-state index in [0.717, 1.165) is 23.7 Å². The lowest BCUT2D eigenvalue weighted by Crippen LogP contribution is -2.39. The molecule has 4 heteroatoms. The lowest BCUT2D eigenvalue weighted by atomic mass is 10.2. The van der Waals surface area contributed by atoms with Gasteiger partial charge in [0.2, 0.25) is 7.29 Å². The quantitative estimate of drug-likeness (QED) is 0.302. The molecule has 0 aromatic heterocycles. The lowest BCUT2D eigenvalue weighted by Gasteiger charge is -2.33. The fraction of sp³-hybridized carbons (Fsp3) is 0.200. The van der Waals surface area contributed by atoms with E-state index in [0.29, 0.717) is 0 Å². The Kier molecular flexibility index (Phi) is 7.84. The molecule has 0 saturated carbocycles. The molecule has 0 fully saturated rings. The number of nitrogens with zero attached hydrogens (tertiary/aromatic N) is 1. The van der Waals surface area contributed by atoms with E-state index < -0.39 is 15.2 Å². The molecule has 0 amide bonds. The fourth-order valence-corrected chi connectivity index (χ4v) is 10.4. The molecule has 4 aromatic rings. The van der Waals surface area contributed by atoms with Gasteiger partial charge in [-0.05, 0) is 55.9 Å². The van der Waals surface area contributed by atoms with Gasteiger partial charge in [-0.1, -0.05) is 110 Å². The Morgan fingerprint density at radius 2 is 1.12 bits per heavy atom. The van der Waals surface area contributed by atoms with Gasteiger partial charge >= 0.3 is 0 Å². The van der Waals surface area contributed by atoms with Crippen molar-refractivity contribution in [2.45, 2.75) is 27.7 Å². The van der Waals surface area contributed by atoms with E-state index in [1.54, 1.807) is 0 Å². The van der Waals surface area contributed by atoms with Crippen LogP contribution in [0.2, 0.25) is 0 Å². The van der Waals surface area contributed by atoms with Crippen LogP contribution in [0.3, 0.4) is 0 Å². The number of benzene rings is 4. The first kappa shape index (κ1) is 24.6. The smallest absolute Gasteiger partial charge is 0.207 e. The average Bonchev–Trinajstić information content (AvgIpc) is 2.88. The largest absolute Gasteiger partial charge is 0.296 e. The minimum atomic E-state index is -3.04. The Labute approximate surface area is 205 Å². The monoisotopic (exact) mass is 485 g/mol. The second-order valence-corrected chi connectivity index (χ2v) is 13.4. The Bertz CT molecular complexity index is 1220. The molecule has 4 rings (SSSR count). The third-order valence-electron chi connectivity index (χ3n) is 6.27. The highest BCUT2D eigenvalue weighted by atomic mass is 31.2. The number of hydrogen-bond acceptors (Lipinski definition) is 1. The molecule has 0 N–H and O–H groups in total. The van der Waals surface area contributed by atoms with Crippen molar-refractivity contribution in [3.63, 3.8) is 0 Å². The van der Waals surface area contributed by atoms with E-state index in [1.807, 2.05) is 36.4 Å². The van der Waals surface area contributed by atoms with Gasteiger partial charge < -0.3 is 0 Å². The molecular formula is C30H33NOP2. The highest BCUT2D eigenvalue weighted by molar-refractivity contribution is 7.84. The predicted octanol–water partition coefficient (Wildman–Crippen LogP) is 5.63. The standard InChI is InChI=1S/C30H33NOP2/c1-5-31(6-2)34(32,28-12-8-7-9-13-28)30-15-11-10-14-29(30)33(26-20-16-24(3)17-21-26)27-22-18-25(4)19-23-27/h7-23H,5-6H2,1-4H3. The SMILES string of the molecule is CCN(CC)P(=O)(c1ccccc1)c1ccccc1P(c1ccc(C)cc1)c1ccc(C)cc1. The van der Waals surface area contributed by atoms with Crippen molar-refractivity contribution in [2.24, 2.45) is 0 Å². The number of aryl methyl sites for hydroxylation is 2. The van der Waals surface area contributed by atoms with Crippen LogP contribution in [0.5, 0.6) is 0 Å². The van der Waals surface area contributed by atoms with Crippen LogP contribution in [-0.2, 0) is 4.57 Å². The Morgan fingerprint density at radius 3 is 1.62 bits per heavy atom. The predicted molar refractivity (Wildman–Crippen MR) is 151 cm³/mol. The zero-order valence-electron chi connectivity index (χ0n) is 20.5. The summed E-state index contributed by atoms with van der Waals surface area (Å²) in [6.45, 7) is 9.90. The maximum Gasteiger partial charge on any atom is 0.207 e. The minimum absolute atomic E-state index is 0.726. The van der Waals surface area contributed by atoms with Crippen LogP contribution in [0, 0.1) is 13.8 Å². The van der Waals surface area contributed by atoms with Crippen LogP contribution in [0.15, 0.2) is 103 Å². The van der Waals surface area contributed by atoms with Crippen molar-refractivity contribution < 1.29 is 4.57 Å². The van der Waals surface area contributed by atoms with Crippen LogP contribution in [0.1, 0.15) is 25.0 Å². The van der Waals surface area contributed by atoms with Crippen molar-refractivity contribution in [3.8, 4) is 0 Å². The molecule has 34 heavy (non-hydrogen) atoms. The summed E-state index contributed by atoms with van der Waals surface area (Å²) in [5, 5.41) is 5.57. The first-order valence-corrected chi connectivity index (χ1v) is 14.9. The summed E-state index contributed by atoms with van der Waals surface area (Å²) in [7, 11) is -3.92. The Balaban J connectivity index is 2.01. The summed E-state index contributed by atoms with van der Waals surface area (Å²) in [5.74, 6) is 0. The van der Waals surface area contributed by atoms with Crippen molar-refractivity contribution in [3.05, 3.63) is 114 Å². The van der Waals surface area contributed by atoms with Crippen LogP contribution in [0.4, 0.5) is 0 Å². The summed E-state index contributed by atoms with van der Waals surface area (Å²) in [6, 6.07) is 36.1. The molecule has 0 bridgehead atoms. The van der Waals surface area contributed by atoms with E-state index in [2.05, 4.69) is 99.1 Å². The van der Waals surface area contributed by atoms with Gasteiger partial charge in [-0.15, -0.1) is 0 Å². The molecule has 0 aliphatic rings.